The second kappa shape index (κ2) is 8.15. The second-order valence-electron chi connectivity index (χ2n) is 4.94. The molecule has 0 spiro atoms. The highest BCUT2D eigenvalue weighted by atomic mass is 16.5. The van der Waals surface area contributed by atoms with E-state index in [1.54, 1.807) is 6.92 Å². The fraction of sp³-hybridized carbons (Fsp3) is 0.625. The van der Waals surface area contributed by atoms with Crippen molar-refractivity contribution in [2.45, 2.75) is 52.6 Å². The molecule has 1 aromatic rings. The van der Waals surface area contributed by atoms with Gasteiger partial charge in [0.15, 0.2) is 0 Å². The Bertz CT molecular complexity index is 334. The number of hydrogen-bond acceptors (Lipinski definition) is 2. The minimum atomic E-state index is -0.475. The van der Waals surface area contributed by atoms with Crippen LogP contribution in [0.3, 0.4) is 0 Å². The zero-order chi connectivity index (χ0) is 13.4. The lowest BCUT2D eigenvalue weighted by atomic mass is 10.0. The summed E-state index contributed by atoms with van der Waals surface area (Å²) >= 11 is 0. The van der Waals surface area contributed by atoms with E-state index < -0.39 is 6.10 Å². The van der Waals surface area contributed by atoms with Gasteiger partial charge in [0.2, 0.25) is 0 Å². The average molecular weight is 250 g/mol. The topological polar surface area (TPSA) is 29.5 Å². The molecule has 0 aliphatic carbocycles. The molecule has 0 amide bonds. The second-order valence-corrected chi connectivity index (χ2v) is 4.94. The van der Waals surface area contributed by atoms with Crippen molar-refractivity contribution in [1.82, 2.24) is 0 Å². The highest BCUT2D eigenvalue weighted by Gasteiger charge is 2.11. The van der Waals surface area contributed by atoms with Crippen LogP contribution in [0.4, 0.5) is 0 Å². The van der Waals surface area contributed by atoms with Crippen molar-refractivity contribution in [3.05, 3.63) is 29.8 Å². The molecular formula is C16H26O2. The first-order chi connectivity index (χ1) is 8.69. The van der Waals surface area contributed by atoms with Gasteiger partial charge in [-0.25, -0.2) is 0 Å². The van der Waals surface area contributed by atoms with Crippen LogP contribution in [0, 0.1) is 5.92 Å². The van der Waals surface area contributed by atoms with Gasteiger partial charge in [-0.2, -0.15) is 0 Å². The summed E-state index contributed by atoms with van der Waals surface area (Å²) in [5.41, 5.74) is 0.878. The highest BCUT2D eigenvalue weighted by Crippen LogP contribution is 2.25. The van der Waals surface area contributed by atoms with Crippen molar-refractivity contribution in [2.24, 2.45) is 5.92 Å². The van der Waals surface area contributed by atoms with Crippen LogP contribution in [-0.2, 0) is 0 Å². The Labute approximate surface area is 111 Å². The number of benzene rings is 1. The van der Waals surface area contributed by atoms with E-state index in [0.29, 0.717) is 5.92 Å². The van der Waals surface area contributed by atoms with Crippen molar-refractivity contribution < 1.29 is 9.84 Å². The van der Waals surface area contributed by atoms with Crippen LogP contribution < -0.4 is 4.74 Å². The number of aliphatic hydroxyl groups is 1. The molecule has 0 saturated carbocycles. The van der Waals surface area contributed by atoms with E-state index in [-0.39, 0.29) is 0 Å². The minimum Gasteiger partial charge on any atom is -0.493 e. The Kier molecular flexibility index (Phi) is 6.81. The van der Waals surface area contributed by atoms with Gasteiger partial charge < -0.3 is 9.84 Å². The van der Waals surface area contributed by atoms with Gasteiger partial charge in [-0.05, 0) is 25.3 Å². The number of hydrogen-bond donors (Lipinski definition) is 1. The van der Waals surface area contributed by atoms with Gasteiger partial charge >= 0.3 is 0 Å². The van der Waals surface area contributed by atoms with Crippen molar-refractivity contribution in [2.75, 3.05) is 6.61 Å². The quantitative estimate of drug-likeness (QED) is 0.744. The molecule has 0 aliphatic rings. The number of ether oxygens (including phenoxy) is 1. The van der Waals surface area contributed by atoms with Crippen LogP contribution in [0.15, 0.2) is 24.3 Å². The third kappa shape index (κ3) is 4.69. The third-order valence-corrected chi connectivity index (χ3v) is 3.39. The first-order valence-electron chi connectivity index (χ1n) is 7.08. The smallest absolute Gasteiger partial charge is 0.125 e. The zero-order valence-electron chi connectivity index (χ0n) is 11.9. The number of unbranched alkanes of at least 4 members (excludes halogenated alkanes) is 1. The van der Waals surface area contributed by atoms with Crippen LogP contribution in [0.5, 0.6) is 5.75 Å². The summed E-state index contributed by atoms with van der Waals surface area (Å²) in [4.78, 5) is 0. The normalized spacial score (nSPS) is 14.2. The van der Waals surface area contributed by atoms with E-state index in [9.17, 15) is 5.11 Å². The predicted octanol–water partition coefficient (Wildman–Crippen LogP) is 4.34. The standard InChI is InChI=1S/C16H26O2/c1-4-6-9-14(5-2)12-18-16-11-8-7-10-15(16)13(3)17/h7-8,10-11,13-14,17H,4-6,9,12H2,1-3H3. The van der Waals surface area contributed by atoms with Crippen LogP contribution >= 0.6 is 0 Å². The molecule has 1 rings (SSSR count). The lowest BCUT2D eigenvalue weighted by molar-refractivity contribution is 0.183. The molecule has 0 fully saturated rings. The molecule has 102 valence electrons. The predicted molar refractivity (Wildman–Crippen MR) is 75.9 cm³/mol. The van der Waals surface area contributed by atoms with Crippen LogP contribution in [0.1, 0.15) is 58.1 Å². The Hall–Kier alpha value is -1.02. The summed E-state index contributed by atoms with van der Waals surface area (Å²) in [6, 6.07) is 7.75. The van der Waals surface area contributed by atoms with Crippen molar-refractivity contribution >= 4 is 0 Å². The van der Waals surface area contributed by atoms with Gasteiger partial charge in [0.25, 0.3) is 0 Å². The zero-order valence-corrected chi connectivity index (χ0v) is 11.9. The van der Waals surface area contributed by atoms with Gasteiger partial charge in [0, 0.05) is 5.56 Å². The summed E-state index contributed by atoms with van der Waals surface area (Å²) in [7, 11) is 0. The van der Waals surface area contributed by atoms with Crippen molar-refractivity contribution in [1.29, 1.82) is 0 Å². The molecule has 2 unspecified atom stereocenters. The van der Waals surface area contributed by atoms with Crippen LogP contribution in [0.25, 0.3) is 0 Å². The number of rotatable bonds is 8. The van der Waals surface area contributed by atoms with Gasteiger partial charge in [-0.3, -0.25) is 0 Å². The monoisotopic (exact) mass is 250 g/mol. The van der Waals surface area contributed by atoms with Crippen molar-refractivity contribution in [3.8, 4) is 5.75 Å². The molecule has 1 aromatic carbocycles. The maximum atomic E-state index is 9.69. The van der Waals surface area contributed by atoms with E-state index in [2.05, 4.69) is 13.8 Å². The summed E-state index contributed by atoms with van der Waals surface area (Å²) in [6.07, 6.45) is 4.40. The Morgan fingerprint density at radius 3 is 2.56 bits per heavy atom. The molecule has 1 N–H and O–H groups in total. The van der Waals surface area contributed by atoms with Crippen LogP contribution in [0.2, 0.25) is 0 Å². The lowest BCUT2D eigenvalue weighted by Crippen LogP contribution is -2.12. The third-order valence-electron chi connectivity index (χ3n) is 3.39. The van der Waals surface area contributed by atoms with E-state index in [0.717, 1.165) is 24.3 Å². The molecule has 0 saturated heterocycles. The molecule has 0 aliphatic heterocycles. The lowest BCUT2D eigenvalue weighted by Gasteiger charge is -2.18. The first kappa shape index (κ1) is 15.0. The summed E-state index contributed by atoms with van der Waals surface area (Å²) < 4.78 is 5.89. The molecule has 2 nitrogen and oxygen atoms in total. The Balaban J connectivity index is 2.56. The summed E-state index contributed by atoms with van der Waals surface area (Å²) in [5.74, 6) is 1.44. The molecule has 18 heavy (non-hydrogen) atoms. The van der Waals surface area contributed by atoms with E-state index in [4.69, 9.17) is 4.74 Å². The van der Waals surface area contributed by atoms with Crippen molar-refractivity contribution in [3.63, 3.8) is 0 Å². The highest BCUT2D eigenvalue weighted by molar-refractivity contribution is 5.34. The maximum absolute atomic E-state index is 9.69. The fourth-order valence-electron chi connectivity index (χ4n) is 2.06. The molecule has 0 heterocycles. The summed E-state index contributed by atoms with van der Waals surface area (Å²) in [5, 5.41) is 9.69. The number of para-hydroxylation sites is 1. The van der Waals surface area contributed by atoms with Gasteiger partial charge in [-0.15, -0.1) is 0 Å². The molecule has 0 aromatic heterocycles. The Morgan fingerprint density at radius 1 is 1.22 bits per heavy atom. The van der Waals surface area contributed by atoms with E-state index >= 15 is 0 Å². The molecule has 0 radical (unpaired) electrons. The van der Waals surface area contributed by atoms with Gasteiger partial charge in [0.05, 0.1) is 12.7 Å². The minimum absolute atomic E-state index is 0.475. The van der Waals surface area contributed by atoms with E-state index in [1.807, 2.05) is 24.3 Å². The van der Waals surface area contributed by atoms with E-state index in [1.165, 1.54) is 19.3 Å². The number of aliphatic hydroxyl groups excluding tert-OH is 1. The summed E-state index contributed by atoms with van der Waals surface area (Å²) in [6.45, 7) is 6.96. The average Bonchev–Trinajstić information content (AvgIpc) is 2.39. The van der Waals surface area contributed by atoms with Crippen LogP contribution in [-0.4, -0.2) is 11.7 Å². The van der Waals surface area contributed by atoms with Gasteiger partial charge in [-0.1, -0.05) is 51.3 Å². The largest absolute Gasteiger partial charge is 0.493 e. The molecular weight excluding hydrogens is 224 g/mol. The Morgan fingerprint density at radius 2 is 1.94 bits per heavy atom. The maximum Gasteiger partial charge on any atom is 0.125 e. The molecule has 0 bridgehead atoms. The molecule has 2 atom stereocenters. The van der Waals surface area contributed by atoms with Gasteiger partial charge in [0.1, 0.15) is 5.75 Å². The first-order valence-corrected chi connectivity index (χ1v) is 7.08. The SMILES string of the molecule is CCCCC(CC)COc1ccccc1C(C)O. The fourth-order valence-corrected chi connectivity index (χ4v) is 2.06. The molecule has 2 heteroatoms.